The van der Waals surface area contributed by atoms with Gasteiger partial charge < -0.3 is 14.6 Å². The summed E-state index contributed by atoms with van der Waals surface area (Å²) in [6.07, 6.45) is -0.241. The molecule has 0 saturated carbocycles. The van der Waals surface area contributed by atoms with Crippen LogP contribution in [0.2, 0.25) is 5.02 Å². The lowest BCUT2D eigenvalue weighted by Crippen LogP contribution is -2.44. The second-order valence-corrected chi connectivity index (χ2v) is 9.21. The van der Waals surface area contributed by atoms with E-state index in [1.165, 1.54) is 16.7 Å². The Balaban J connectivity index is 1.45. The van der Waals surface area contributed by atoms with Crippen LogP contribution in [-0.2, 0) is 4.84 Å². The van der Waals surface area contributed by atoms with Crippen LogP contribution in [0.25, 0.3) is 11.1 Å². The number of benzene rings is 3. The average molecular weight is 461 g/mol. The first-order valence-corrected chi connectivity index (χ1v) is 11.8. The predicted molar refractivity (Wildman–Crippen MR) is 137 cm³/mol. The lowest BCUT2D eigenvalue weighted by molar-refractivity contribution is 0.267. The molecule has 1 atom stereocenters. The summed E-state index contributed by atoms with van der Waals surface area (Å²) in [6.45, 7) is 8.02. The van der Waals surface area contributed by atoms with Gasteiger partial charge in [0.25, 0.3) is 0 Å². The second kappa shape index (κ2) is 9.08. The normalized spacial score (nSPS) is 18.9. The first kappa shape index (κ1) is 21.8. The van der Waals surface area contributed by atoms with Gasteiger partial charge >= 0.3 is 0 Å². The van der Waals surface area contributed by atoms with Gasteiger partial charge in [0, 0.05) is 38.7 Å². The Labute approximate surface area is 200 Å². The van der Waals surface area contributed by atoms with Crippen molar-refractivity contribution in [2.24, 2.45) is 4.99 Å². The quantitative estimate of drug-likeness (QED) is 0.482. The van der Waals surface area contributed by atoms with Crippen LogP contribution in [0.4, 0.5) is 11.4 Å². The molecule has 33 heavy (non-hydrogen) atoms. The van der Waals surface area contributed by atoms with Crippen molar-refractivity contribution in [1.82, 2.24) is 4.90 Å². The average Bonchev–Trinajstić information content (AvgIpc) is 3.22. The molecule has 3 aromatic carbocycles. The predicted octanol–water partition coefficient (Wildman–Crippen LogP) is 5.94. The van der Waals surface area contributed by atoms with E-state index in [0.29, 0.717) is 5.90 Å². The molecule has 1 unspecified atom stereocenters. The first-order valence-electron chi connectivity index (χ1n) is 11.4. The number of rotatable bonds is 4. The third kappa shape index (κ3) is 4.43. The van der Waals surface area contributed by atoms with E-state index >= 15 is 0 Å². The van der Waals surface area contributed by atoms with Gasteiger partial charge in [-0.25, -0.2) is 4.99 Å². The van der Waals surface area contributed by atoms with Crippen molar-refractivity contribution >= 4 is 28.9 Å². The summed E-state index contributed by atoms with van der Waals surface area (Å²) in [6, 6.07) is 23.1. The highest BCUT2D eigenvalue weighted by molar-refractivity contribution is 6.33. The third-order valence-corrected chi connectivity index (χ3v) is 6.74. The molecule has 0 spiro atoms. The van der Waals surface area contributed by atoms with Crippen LogP contribution >= 0.6 is 11.6 Å². The number of halogens is 1. The van der Waals surface area contributed by atoms with Crippen LogP contribution in [0.3, 0.4) is 0 Å². The molecular formula is C27H29ClN4O. The van der Waals surface area contributed by atoms with E-state index in [2.05, 4.69) is 72.3 Å². The van der Waals surface area contributed by atoms with Crippen molar-refractivity contribution < 1.29 is 4.84 Å². The molecule has 2 aliphatic heterocycles. The van der Waals surface area contributed by atoms with Gasteiger partial charge in [-0.3, -0.25) is 0 Å². The molecule has 0 radical (unpaired) electrons. The molecule has 2 heterocycles. The van der Waals surface area contributed by atoms with Crippen molar-refractivity contribution in [2.75, 3.05) is 43.2 Å². The van der Waals surface area contributed by atoms with Gasteiger partial charge in [0.15, 0.2) is 6.17 Å². The number of aliphatic imine (C=N–C) groups is 1. The number of hydrogen-bond donors (Lipinski definition) is 0. The standard InChI is InChI=1S/C27H29ClN4O/c1-19-17-22(9-11-24(19)21-7-5-4-6-8-21)27-29-20(2)33-32(27)23-10-12-25(28)26(18-23)31-15-13-30(3)14-16-31/h4-12,17-18,27H,13-16H2,1-3H3. The van der Waals surface area contributed by atoms with Crippen LogP contribution in [0.15, 0.2) is 71.7 Å². The molecule has 170 valence electrons. The van der Waals surface area contributed by atoms with Gasteiger partial charge in [0.2, 0.25) is 5.90 Å². The zero-order valence-electron chi connectivity index (χ0n) is 19.3. The van der Waals surface area contributed by atoms with Gasteiger partial charge in [0.1, 0.15) is 0 Å². The smallest absolute Gasteiger partial charge is 0.217 e. The molecule has 5 rings (SSSR count). The maximum atomic E-state index is 6.61. The van der Waals surface area contributed by atoms with Gasteiger partial charge in [0.05, 0.1) is 16.4 Å². The van der Waals surface area contributed by atoms with Crippen molar-refractivity contribution in [1.29, 1.82) is 0 Å². The third-order valence-electron chi connectivity index (χ3n) is 6.42. The number of hydroxylamine groups is 1. The molecule has 0 N–H and O–H groups in total. The van der Waals surface area contributed by atoms with Gasteiger partial charge in [-0.1, -0.05) is 60.1 Å². The fourth-order valence-electron chi connectivity index (χ4n) is 4.56. The minimum atomic E-state index is -0.241. The summed E-state index contributed by atoms with van der Waals surface area (Å²) in [7, 11) is 2.16. The SMILES string of the molecule is CC1=NC(c2ccc(-c3ccccc3)c(C)c2)N(c2ccc(Cl)c(N3CCN(C)CC3)c2)O1. The molecule has 0 bridgehead atoms. The monoisotopic (exact) mass is 460 g/mol. The number of likely N-dealkylation sites (N-methyl/N-ethyl adjacent to an activating group) is 1. The highest BCUT2D eigenvalue weighted by Gasteiger charge is 2.30. The number of aryl methyl sites for hydroxylation is 1. The minimum absolute atomic E-state index is 0.241. The lowest BCUT2D eigenvalue weighted by Gasteiger charge is -2.35. The van der Waals surface area contributed by atoms with Crippen LogP contribution < -0.4 is 9.96 Å². The van der Waals surface area contributed by atoms with Crippen molar-refractivity contribution in [3.63, 3.8) is 0 Å². The van der Waals surface area contributed by atoms with E-state index in [1.807, 2.05) is 30.2 Å². The Kier molecular flexibility index (Phi) is 6.00. The van der Waals surface area contributed by atoms with Gasteiger partial charge in [-0.2, -0.15) is 5.06 Å². The molecule has 1 saturated heterocycles. The highest BCUT2D eigenvalue weighted by atomic mass is 35.5. The Morgan fingerprint density at radius 2 is 1.67 bits per heavy atom. The summed E-state index contributed by atoms with van der Waals surface area (Å²) in [4.78, 5) is 15.6. The van der Waals surface area contributed by atoms with E-state index in [-0.39, 0.29) is 6.17 Å². The molecule has 0 aliphatic carbocycles. The zero-order chi connectivity index (χ0) is 22.9. The molecule has 1 fully saturated rings. The van der Waals surface area contributed by atoms with E-state index in [1.54, 1.807) is 0 Å². The fourth-order valence-corrected chi connectivity index (χ4v) is 4.80. The summed E-state index contributed by atoms with van der Waals surface area (Å²) < 4.78 is 0. The maximum Gasteiger partial charge on any atom is 0.217 e. The van der Waals surface area contributed by atoms with Crippen LogP contribution in [-0.4, -0.2) is 44.0 Å². The largest absolute Gasteiger partial charge is 0.368 e. The van der Waals surface area contributed by atoms with E-state index in [9.17, 15) is 0 Å². The summed E-state index contributed by atoms with van der Waals surface area (Å²) >= 11 is 6.61. The van der Waals surface area contributed by atoms with Crippen LogP contribution in [0, 0.1) is 6.92 Å². The highest BCUT2D eigenvalue weighted by Crippen LogP contribution is 2.38. The molecule has 2 aliphatic rings. The number of piperazine rings is 1. The number of anilines is 2. The Bertz CT molecular complexity index is 1170. The summed E-state index contributed by atoms with van der Waals surface area (Å²) in [5.41, 5.74) is 6.76. The summed E-state index contributed by atoms with van der Waals surface area (Å²) in [5, 5.41) is 2.65. The van der Waals surface area contributed by atoms with Crippen LogP contribution in [0.5, 0.6) is 0 Å². The lowest BCUT2D eigenvalue weighted by atomic mass is 9.97. The Morgan fingerprint density at radius 3 is 2.39 bits per heavy atom. The van der Waals surface area contributed by atoms with E-state index < -0.39 is 0 Å². The van der Waals surface area contributed by atoms with E-state index in [0.717, 1.165) is 48.1 Å². The first-order chi connectivity index (χ1) is 16.0. The zero-order valence-corrected chi connectivity index (χ0v) is 20.1. The molecular weight excluding hydrogens is 432 g/mol. The molecule has 0 amide bonds. The summed E-state index contributed by atoms with van der Waals surface area (Å²) in [5.74, 6) is 0.654. The Morgan fingerprint density at radius 1 is 0.909 bits per heavy atom. The Hall–Kier alpha value is -3.02. The molecule has 0 aromatic heterocycles. The number of nitrogens with zero attached hydrogens (tertiary/aromatic N) is 4. The van der Waals surface area contributed by atoms with Crippen molar-refractivity contribution in [2.45, 2.75) is 20.0 Å². The molecule has 3 aromatic rings. The van der Waals surface area contributed by atoms with Gasteiger partial charge in [-0.05, 0) is 48.9 Å². The maximum absolute atomic E-state index is 6.61. The van der Waals surface area contributed by atoms with Gasteiger partial charge in [-0.15, -0.1) is 0 Å². The second-order valence-electron chi connectivity index (χ2n) is 8.81. The fraction of sp³-hybridized carbons (Fsp3) is 0.296. The minimum Gasteiger partial charge on any atom is -0.368 e. The molecule has 6 heteroatoms. The van der Waals surface area contributed by atoms with Crippen LogP contribution in [0.1, 0.15) is 24.2 Å². The number of hydrogen-bond acceptors (Lipinski definition) is 5. The van der Waals surface area contributed by atoms with Crippen molar-refractivity contribution in [3.8, 4) is 11.1 Å². The van der Waals surface area contributed by atoms with E-state index in [4.69, 9.17) is 21.4 Å². The van der Waals surface area contributed by atoms with Crippen molar-refractivity contribution in [3.05, 3.63) is 82.9 Å². The molecule has 5 nitrogen and oxygen atoms in total. The topological polar surface area (TPSA) is 31.3 Å².